The van der Waals surface area contributed by atoms with Crippen LogP contribution in [0.15, 0.2) is 47.2 Å². The highest BCUT2D eigenvalue weighted by atomic mass is 35.5. The van der Waals surface area contributed by atoms with E-state index < -0.39 is 5.41 Å². The van der Waals surface area contributed by atoms with Gasteiger partial charge in [0.1, 0.15) is 5.41 Å². The maximum Gasteiger partial charge on any atom is 0.239 e. The fourth-order valence-corrected chi connectivity index (χ4v) is 4.35. The number of hydrogen-bond donors (Lipinski definition) is 1. The number of rotatable bonds is 1. The predicted molar refractivity (Wildman–Crippen MR) is 87.6 cm³/mol. The number of amides is 1. The van der Waals surface area contributed by atoms with Crippen LogP contribution >= 0.6 is 22.9 Å². The van der Waals surface area contributed by atoms with Gasteiger partial charge in [0.05, 0.1) is 0 Å². The number of hydrogen-bond acceptors (Lipinski definition) is 3. The molecule has 0 bridgehead atoms. The van der Waals surface area contributed by atoms with E-state index in [2.05, 4.69) is 5.32 Å². The Morgan fingerprint density at radius 3 is 2.91 bits per heavy atom. The van der Waals surface area contributed by atoms with E-state index >= 15 is 0 Å². The molecule has 22 heavy (non-hydrogen) atoms. The summed E-state index contributed by atoms with van der Waals surface area (Å²) in [6.07, 6.45) is 3.63. The van der Waals surface area contributed by atoms with Gasteiger partial charge in [-0.2, -0.15) is 11.3 Å². The molecule has 5 heteroatoms. The minimum Gasteiger partial charge on any atom is -0.325 e. The van der Waals surface area contributed by atoms with Crippen LogP contribution in [0.3, 0.4) is 0 Å². The smallest absolute Gasteiger partial charge is 0.239 e. The molecule has 1 aromatic heterocycles. The zero-order valence-corrected chi connectivity index (χ0v) is 13.1. The molecule has 0 saturated carbocycles. The summed E-state index contributed by atoms with van der Waals surface area (Å²) in [6.45, 7) is 0. The number of halogens is 1. The highest BCUT2D eigenvalue weighted by Gasteiger charge is 2.53. The van der Waals surface area contributed by atoms with E-state index in [1.807, 2.05) is 22.9 Å². The average molecular weight is 330 g/mol. The Balaban J connectivity index is 1.96. The van der Waals surface area contributed by atoms with Crippen molar-refractivity contribution in [1.29, 1.82) is 0 Å². The molecule has 2 aromatic rings. The van der Waals surface area contributed by atoms with Crippen molar-refractivity contribution in [2.45, 2.75) is 17.8 Å². The van der Waals surface area contributed by atoms with Crippen LogP contribution in [0.1, 0.15) is 23.5 Å². The average Bonchev–Trinajstić information content (AvgIpc) is 3.09. The van der Waals surface area contributed by atoms with E-state index in [0.717, 1.165) is 16.8 Å². The largest absolute Gasteiger partial charge is 0.325 e. The SMILES string of the molecule is O=C1C=C[C@@]2(C(=O)Nc3cc(Cl)ccc32)[C@H](c2ccsc2)C1. The van der Waals surface area contributed by atoms with Gasteiger partial charge in [0, 0.05) is 23.0 Å². The lowest BCUT2D eigenvalue weighted by Gasteiger charge is -2.35. The molecule has 2 aliphatic rings. The summed E-state index contributed by atoms with van der Waals surface area (Å²) in [6, 6.07) is 7.43. The first-order valence-electron chi connectivity index (χ1n) is 6.97. The maximum atomic E-state index is 12.8. The number of thiophene rings is 1. The van der Waals surface area contributed by atoms with Crippen LogP contribution in [-0.2, 0) is 15.0 Å². The first-order valence-corrected chi connectivity index (χ1v) is 8.29. The molecule has 1 amide bonds. The van der Waals surface area contributed by atoms with Crippen molar-refractivity contribution in [2.24, 2.45) is 0 Å². The third-order valence-corrected chi connectivity index (χ3v) is 5.42. The molecule has 110 valence electrons. The Kier molecular flexibility index (Phi) is 2.99. The number of carbonyl (C=O) groups excluding carboxylic acids is 2. The normalized spacial score (nSPS) is 26.3. The van der Waals surface area contributed by atoms with Gasteiger partial charge in [-0.25, -0.2) is 0 Å². The second-order valence-corrected chi connectivity index (χ2v) is 6.84. The van der Waals surface area contributed by atoms with E-state index in [0.29, 0.717) is 11.4 Å². The maximum absolute atomic E-state index is 12.8. The number of benzene rings is 1. The summed E-state index contributed by atoms with van der Waals surface area (Å²) in [5.74, 6) is -0.222. The van der Waals surface area contributed by atoms with Gasteiger partial charge in [0.15, 0.2) is 5.78 Å². The van der Waals surface area contributed by atoms with Crippen LogP contribution in [0.5, 0.6) is 0 Å². The molecule has 4 rings (SSSR count). The summed E-state index contributed by atoms with van der Waals surface area (Å²) >= 11 is 7.61. The number of ketones is 1. The molecule has 3 nitrogen and oxygen atoms in total. The highest BCUT2D eigenvalue weighted by Crippen LogP contribution is 2.52. The highest BCUT2D eigenvalue weighted by molar-refractivity contribution is 7.08. The quantitative estimate of drug-likeness (QED) is 0.862. The Bertz CT molecular complexity index is 812. The van der Waals surface area contributed by atoms with Crippen LogP contribution in [0.4, 0.5) is 5.69 Å². The molecule has 2 atom stereocenters. The number of allylic oxidation sites excluding steroid dienone is 1. The summed E-state index contributed by atoms with van der Waals surface area (Å²) in [5, 5.41) is 7.49. The van der Waals surface area contributed by atoms with E-state index in [1.54, 1.807) is 29.5 Å². The monoisotopic (exact) mass is 329 g/mol. The van der Waals surface area contributed by atoms with Crippen molar-refractivity contribution in [3.8, 4) is 0 Å². The number of carbonyl (C=O) groups is 2. The molecule has 1 aliphatic heterocycles. The van der Waals surface area contributed by atoms with Crippen LogP contribution in [0, 0.1) is 0 Å². The third kappa shape index (κ3) is 1.81. The van der Waals surface area contributed by atoms with Gasteiger partial charge in [0.2, 0.25) is 5.91 Å². The molecule has 0 unspecified atom stereocenters. The summed E-state index contributed by atoms with van der Waals surface area (Å²) in [7, 11) is 0. The molecular weight excluding hydrogens is 318 g/mol. The van der Waals surface area contributed by atoms with E-state index in [1.165, 1.54) is 6.08 Å². The Labute approximate surface area is 136 Å². The number of anilines is 1. The fraction of sp³-hybridized carbons (Fsp3) is 0.176. The van der Waals surface area contributed by atoms with E-state index in [9.17, 15) is 9.59 Å². The van der Waals surface area contributed by atoms with Crippen molar-refractivity contribution >= 4 is 40.3 Å². The topological polar surface area (TPSA) is 46.2 Å². The molecule has 0 fully saturated rings. The Hall–Kier alpha value is -1.91. The van der Waals surface area contributed by atoms with Crippen molar-refractivity contribution < 1.29 is 9.59 Å². The van der Waals surface area contributed by atoms with Crippen LogP contribution in [0.25, 0.3) is 0 Å². The molecule has 1 aromatic carbocycles. The molecule has 0 saturated heterocycles. The van der Waals surface area contributed by atoms with E-state index in [-0.39, 0.29) is 17.6 Å². The first-order chi connectivity index (χ1) is 10.6. The minimum absolute atomic E-state index is 0.0528. The van der Waals surface area contributed by atoms with Gasteiger partial charge >= 0.3 is 0 Å². The molecule has 0 radical (unpaired) electrons. The molecule has 1 aliphatic carbocycles. The van der Waals surface area contributed by atoms with Crippen LogP contribution in [0.2, 0.25) is 5.02 Å². The first kappa shape index (κ1) is 13.7. The minimum atomic E-state index is -0.824. The van der Waals surface area contributed by atoms with Gasteiger partial charge in [-0.1, -0.05) is 23.7 Å². The van der Waals surface area contributed by atoms with Crippen molar-refractivity contribution in [3.05, 3.63) is 63.3 Å². The van der Waals surface area contributed by atoms with Crippen molar-refractivity contribution in [2.75, 3.05) is 5.32 Å². The molecule has 1 spiro atoms. The molecular formula is C17H12ClNO2S. The summed E-state index contributed by atoms with van der Waals surface area (Å²) < 4.78 is 0. The Morgan fingerprint density at radius 1 is 1.27 bits per heavy atom. The zero-order valence-electron chi connectivity index (χ0n) is 11.5. The van der Waals surface area contributed by atoms with Gasteiger partial charge < -0.3 is 5.32 Å². The summed E-state index contributed by atoms with van der Waals surface area (Å²) in [4.78, 5) is 24.8. The van der Waals surface area contributed by atoms with Crippen LogP contribution in [-0.4, -0.2) is 11.7 Å². The lowest BCUT2D eigenvalue weighted by molar-refractivity contribution is -0.121. The van der Waals surface area contributed by atoms with Gasteiger partial charge in [-0.3, -0.25) is 9.59 Å². The summed E-state index contributed by atoms with van der Waals surface area (Å²) in [5.41, 5.74) is 1.83. The third-order valence-electron chi connectivity index (χ3n) is 4.48. The standard InChI is InChI=1S/C17H12ClNO2S/c18-11-1-2-13-15(7-11)19-16(21)17(13)5-3-12(20)8-14(17)10-4-6-22-9-10/h1-7,9,14H,8H2,(H,19,21)/t14-,17-/m0/s1. The second-order valence-electron chi connectivity index (χ2n) is 5.63. The Morgan fingerprint density at radius 2 is 2.14 bits per heavy atom. The molecule has 2 heterocycles. The van der Waals surface area contributed by atoms with Crippen molar-refractivity contribution in [1.82, 2.24) is 0 Å². The van der Waals surface area contributed by atoms with Gasteiger partial charge in [-0.05, 0) is 46.2 Å². The van der Waals surface area contributed by atoms with Crippen molar-refractivity contribution in [3.63, 3.8) is 0 Å². The van der Waals surface area contributed by atoms with E-state index in [4.69, 9.17) is 11.6 Å². The lowest BCUT2D eigenvalue weighted by Crippen LogP contribution is -2.41. The zero-order chi connectivity index (χ0) is 15.3. The lowest BCUT2D eigenvalue weighted by atomic mass is 9.64. The second kappa shape index (κ2) is 4.80. The molecule has 1 N–H and O–H groups in total. The number of nitrogens with one attached hydrogen (secondary N) is 1. The fourth-order valence-electron chi connectivity index (χ4n) is 3.46. The predicted octanol–water partition coefficient (Wildman–Crippen LogP) is 3.90. The van der Waals surface area contributed by atoms with Crippen LogP contribution < -0.4 is 5.32 Å². The van der Waals surface area contributed by atoms with Gasteiger partial charge in [0.25, 0.3) is 0 Å². The number of fused-ring (bicyclic) bond motifs is 2. The van der Waals surface area contributed by atoms with Gasteiger partial charge in [-0.15, -0.1) is 0 Å².